The van der Waals surface area contributed by atoms with Crippen LogP contribution in [0.3, 0.4) is 0 Å². The molecule has 1 aliphatic rings. The molecule has 1 aromatic heterocycles. The van der Waals surface area contributed by atoms with Crippen molar-refractivity contribution in [2.45, 2.75) is 32.7 Å². The van der Waals surface area contributed by atoms with Gasteiger partial charge < -0.3 is 9.64 Å². The van der Waals surface area contributed by atoms with Crippen LogP contribution in [0.4, 0.5) is 5.82 Å². The fourth-order valence-corrected chi connectivity index (χ4v) is 2.08. The van der Waals surface area contributed by atoms with Crippen molar-refractivity contribution in [1.29, 1.82) is 0 Å². The van der Waals surface area contributed by atoms with E-state index in [9.17, 15) is 0 Å². The normalized spacial score (nSPS) is 21.0. The Labute approximate surface area is 107 Å². The molecule has 1 atom stereocenters. The van der Waals surface area contributed by atoms with E-state index in [0.29, 0.717) is 11.2 Å². The van der Waals surface area contributed by atoms with Gasteiger partial charge in [-0.15, -0.1) is 0 Å². The minimum Gasteiger partial charge on any atom is -0.377 e. The zero-order chi connectivity index (χ0) is 12.4. The molecule has 0 aromatic carbocycles. The van der Waals surface area contributed by atoms with Gasteiger partial charge in [-0.1, -0.05) is 25.4 Å². The van der Waals surface area contributed by atoms with Crippen molar-refractivity contribution in [3.63, 3.8) is 0 Å². The minimum absolute atomic E-state index is 0.281. The number of morpholine rings is 1. The average molecular weight is 256 g/mol. The second-order valence-electron chi connectivity index (χ2n) is 4.68. The summed E-state index contributed by atoms with van der Waals surface area (Å²) >= 11 is 6.05. The highest BCUT2D eigenvalue weighted by molar-refractivity contribution is 6.29. The van der Waals surface area contributed by atoms with Crippen molar-refractivity contribution >= 4 is 17.4 Å². The molecule has 1 aromatic rings. The molecule has 0 aliphatic carbocycles. The third kappa shape index (κ3) is 2.87. The molecule has 0 bridgehead atoms. The Kier molecular flexibility index (Phi) is 3.84. The number of rotatable bonds is 2. The number of anilines is 1. The van der Waals surface area contributed by atoms with Crippen LogP contribution in [0.1, 0.15) is 32.5 Å². The standard InChI is InChI=1S/C12H18ClN3O/c1-8(2)12-14-10(13)6-11(15-12)16-4-5-17-7-9(16)3/h6,8-9H,4-5,7H2,1-3H3. The van der Waals surface area contributed by atoms with Crippen molar-refractivity contribution < 1.29 is 4.74 Å². The summed E-state index contributed by atoms with van der Waals surface area (Å²) in [5.74, 6) is 1.99. The molecule has 0 N–H and O–H groups in total. The molecule has 1 saturated heterocycles. The first-order chi connectivity index (χ1) is 8.08. The van der Waals surface area contributed by atoms with E-state index in [1.165, 1.54) is 0 Å². The van der Waals surface area contributed by atoms with Gasteiger partial charge in [-0.25, -0.2) is 9.97 Å². The van der Waals surface area contributed by atoms with Gasteiger partial charge in [-0.05, 0) is 6.92 Å². The Hall–Kier alpha value is -0.870. The van der Waals surface area contributed by atoms with Crippen LogP contribution in [0.15, 0.2) is 6.07 Å². The van der Waals surface area contributed by atoms with Crippen LogP contribution >= 0.6 is 11.6 Å². The van der Waals surface area contributed by atoms with Gasteiger partial charge in [0.15, 0.2) is 0 Å². The van der Waals surface area contributed by atoms with Gasteiger partial charge in [0.25, 0.3) is 0 Å². The third-order valence-corrected chi connectivity index (χ3v) is 3.07. The maximum Gasteiger partial charge on any atom is 0.135 e. The number of halogens is 1. The first-order valence-corrected chi connectivity index (χ1v) is 6.34. The highest BCUT2D eigenvalue weighted by Crippen LogP contribution is 2.22. The van der Waals surface area contributed by atoms with E-state index in [2.05, 4.69) is 35.6 Å². The molecule has 1 unspecified atom stereocenters. The van der Waals surface area contributed by atoms with E-state index >= 15 is 0 Å². The lowest BCUT2D eigenvalue weighted by Crippen LogP contribution is -2.44. The molecule has 2 heterocycles. The van der Waals surface area contributed by atoms with Crippen LogP contribution in [-0.4, -0.2) is 35.8 Å². The molecule has 0 spiro atoms. The first kappa shape index (κ1) is 12.6. The van der Waals surface area contributed by atoms with Gasteiger partial charge in [0.2, 0.25) is 0 Å². The lowest BCUT2D eigenvalue weighted by atomic mass is 10.2. The molecule has 0 amide bonds. The van der Waals surface area contributed by atoms with Gasteiger partial charge in [-0.3, -0.25) is 0 Å². The fourth-order valence-electron chi connectivity index (χ4n) is 1.90. The predicted octanol–water partition coefficient (Wildman–Crippen LogP) is 2.48. The zero-order valence-electron chi connectivity index (χ0n) is 10.5. The van der Waals surface area contributed by atoms with Crippen LogP contribution in [0.25, 0.3) is 0 Å². The number of ether oxygens (including phenoxy) is 1. The fraction of sp³-hybridized carbons (Fsp3) is 0.667. The van der Waals surface area contributed by atoms with Crippen molar-refractivity contribution in [1.82, 2.24) is 9.97 Å². The molecule has 0 saturated carbocycles. The third-order valence-electron chi connectivity index (χ3n) is 2.88. The summed E-state index contributed by atoms with van der Waals surface area (Å²) in [6.07, 6.45) is 0. The van der Waals surface area contributed by atoms with Crippen molar-refractivity contribution in [3.8, 4) is 0 Å². The number of hydrogen-bond acceptors (Lipinski definition) is 4. The molecule has 1 aliphatic heterocycles. The second-order valence-corrected chi connectivity index (χ2v) is 5.07. The summed E-state index contributed by atoms with van der Waals surface area (Å²) in [4.78, 5) is 11.1. The van der Waals surface area contributed by atoms with Crippen molar-refractivity contribution in [2.24, 2.45) is 0 Å². The van der Waals surface area contributed by atoms with E-state index in [1.54, 1.807) is 0 Å². The molecule has 5 heteroatoms. The van der Waals surface area contributed by atoms with Gasteiger partial charge in [-0.2, -0.15) is 0 Å². The Bertz CT molecular complexity index is 397. The summed E-state index contributed by atoms with van der Waals surface area (Å²) in [7, 11) is 0. The second kappa shape index (κ2) is 5.19. The van der Waals surface area contributed by atoms with E-state index in [1.807, 2.05) is 6.07 Å². The maximum atomic E-state index is 6.05. The van der Waals surface area contributed by atoms with E-state index in [0.717, 1.165) is 31.4 Å². The quantitative estimate of drug-likeness (QED) is 0.761. The topological polar surface area (TPSA) is 38.2 Å². The van der Waals surface area contributed by atoms with Gasteiger partial charge in [0, 0.05) is 18.5 Å². The van der Waals surface area contributed by atoms with E-state index in [4.69, 9.17) is 16.3 Å². The Balaban J connectivity index is 2.30. The number of nitrogens with zero attached hydrogens (tertiary/aromatic N) is 3. The molecular formula is C12H18ClN3O. The Morgan fingerprint density at radius 2 is 2.24 bits per heavy atom. The highest BCUT2D eigenvalue weighted by atomic mass is 35.5. The molecule has 2 rings (SSSR count). The monoisotopic (exact) mass is 255 g/mol. The SMILES string of the molecule is CC(C)c1nc(Cl)cc(N2CCOCC2C)n1. The molecule has 94 valence electrons. The zero-order valence-corrected chi connectivity index (χ0v) is 11.2. The molecule has 4 nitrogen and oxygen atoms in total. The summed E-state index contributed by atoms with van der Waals surface area (Å²) in [5.41, 5.74) is 0. The van der Waals surface area contributed by atoms with Crippen molar-refractivity contribution in [2.75, 3.05) is 24.7 Å². The maximum absolute atomic E-state index is 6.05. The number of hydrogen-bond donors (Lipinski definition) is 0. The van der Waals surface area contributed by atoms with Crippen LogP contribution < -0.4 is 4.90 Å². The number of aromatic nitrogens is 2. The summed E-state index contributed by atoms with van der Waals surface area (Å²) in [5, 5.41) is 0.511. The molecule has 1 fully saturated rings. The summed E-state index contributed by atoms with van der Waals surface area (Å²) in [6, 6.07) is 2.16. The van der Waals surface area contributed by atoms with Crippen molar-refractivity contribution in [3.05, 3.63) is 17.0 Å². The van der Waals surface area contributed by atoms with Gasteiger partial charge >= 0.3 is 0 Å². The predicted molar refractivity (Wildman–Crippen MR) is 68.8 cm³/mol. The van der Waals surface area contributed by atoms with Crippen LogP contribution in [-0.2, 0) is 4.74 Å². The van der Waals surface area contributed by atoms with Crippen LogP contribution in [0.5, 0.6) is 0 Å². The van der Waals surface area contributed by atoms with Gasteiger partial charge in [0.05, 0.1) is 19.3 Å². The highest BCUT2D eigenvalue weighted by Gasteiger charge is 2.21. The van der Waals surface area contributed by atoms with Crippen LogP contribution in [0, 0.1) is 0 Å². The lowest BCUT2D eigenvalue weighted by molar-refractivity contribution is 0.0985. The first-order valence-electron chi connectivity index (χ1n) is 5.97. The van der Waals surface area contributed by atoms with E-state index < -0.39 is 0 Å². The van der Waals surface area contributed by atoms with Crippen LogP contribution in [0.2, 0.25) is 5.15 Å². The molecular weight excluding hydrogens is 238 g/mol. The largest absolute Gasteiger partial charge is 0.377 e. The summed E-state index contributed by atoms with van der Waals surface area (Å²) < 4.78 is 5.42. The summed E-state index contributed by atoms with van der Waals surface area (Å²) in [6.45, 7) is 8.59. The Morgan fingerprint density at radius 1 is 1.47 bits per heavy atom. The molecule has 0 radical (unpaired) electrons. The Morgan fingerprint density at radius 3 is 2.88 bits per heavy atom. The van der Waals surface area contributed by atoms with Gasteiger partial charge in [0.1, 0.15) is 16.8 Å². The molecule has 17 heavy (non-hydrogen) atoms. The smallest absolute Gasteiger partial charge is 0.135 e. The minimum atomic E-state index is 0.281. The average Bonchev–Trinajstić information content (AvgIpc) is 2.28. The lowest BCUT2D eigenvalue weighted by Gasteiger charge is -2.34. The van der Waals surface area contributed by atoms with E-state index in [-0.39, 0.29) is 5.92 Å².